The van der Waals surface area contributed by atoms with E-state index in [4.69, 9.17) is 21.1 Å². The molecule has 0 N–H and O–H groups in total. The minimum atomic E-state index is -0.492. The number of Topliss-reactive ketones (excluding diaryl/α,β-unsaturated/α-hetero) is 1. The van der Waals surface area contributed by atoms with Gasteiger partial charge in [-0.3, -0.25) is 4.79 Å². The van der Waals surface area contributed by atoms with Crippen LogP contribution in [0.25, 0.3) is 0 Å². The summed E-state index contributed by atoms with van der Waals surface area (Å²) >= 11 is 5.72. The van der Waals surface area contributed by atoms with E-state index in [1.54, 1.807) is 24.3 Å². The predicted octanol–water partition coefficient (Wildman–Crippen LogP) is 2.53. The van der Waals surface area contributed by atoms with E-state index in [1.165, 1.54) is 14.2 Å². The number of carbonyl (C=O) groups is 1. The van der Waals surface area contributed by atoms with Crippen molar-refractivity contribution in [1.29, 1.82) is 0 Å². The summed E-state index contributed by atoms with van der Waals surface area (Å²) in [5.41, 5.74) is 0.610. The van der Waals surface area contributed by atoms with Crippen molar-refractivity contribution in [2.45, 2.75) is 12.7 Å². The maximum absolute atomic E-state index is 11.7. The average Bonchev–Trinajstić information content (AvgIpc) is 2.26. The predicted molar refractivity (Wildman–Crippen MR) is 58.2 cm³/mol. The standard InChI is InChI=1S/C11H13ClO3/c1-14-11(15-2)7-10(13)8-3-5-9(12)6-4-8/h3-6,11H,7H2,1-2H3. The molecule has 3 nitrogen and oxygen atoms in total. The van der Waals surface area contributed by atoms with Crippen molar-refractivity contribution in [1.82, 2.24) is 0 Å². The molecule has 1 aromatic rings. The number of ether oxygens (including phenoxy) is 2. The first-order valence-electron chi connectivity index (χ1n) is 4.51. The molecule has 0 amide bonds. The first-order valence-corrected chi connectivity index (χ1v) is 4.89. The third kappa shape index (κ3) is 3.63. The van der Waals surface area contributed by atoms with Crippen LogP contribution in [0.3, 0.4) is 0 Å². The van der Waals surface area contributed by atoms with Crippen LogP contribution in [-0.2, 0) is 9.47 Å². The van der Waals surface area contributed by atoms with Crippen LogP contribution < -0.4 is 0 Å². The molecule has 0 aliphatic heterocycles. The number of ketones is 1. The summed E-state index contributed by atoms with van der Waals surface area (Å²) in [6.45, 7) is 0. The van der Waals surface area contributed by atoms with Gasteiger partial charge in [0.25, 0.3) is 0 Å². The second kappa shape index (κ2) is 5.85. The SMILES string of the molecule is COC(CC(=O)c1ccc(Cl)cc1)OC. The summed E-state index contributed by atoms with van der Waals surface area (Å²) in [6, 6.07) is 6.74. The largest absolute Gasteiger partial charge is 0.355 e. The van der Waals surface area contributed by atoms with Crippen LogP contribution in [0.2, 0.25) is 5.02 Å². The highest BCUT2D eigenvalue weighted by Crippen LogP contribution is 2.12. The van der Waals surface area contributed by atoms with E-state index in [0.717, 1.165) is 0 Å². The molecule has 15 heavy (non-hydrogen) atoms. The number of hydrogen-bond acceptors (Lipinski definition) is 3. The van der Waals surface area contributed by atoms with Crippen molar-refractivity contribution >= 4 is 17.4 Å². The lowest BCUT2D eigenvalue weighted by atomic mass is 10.1. The van der Waals surface area contributed by atoms with E-state index in [-0.39, 0.29) is 12.2 Å². The first kappa shape index (κ1) is 12.2. The second-order valence-electron chi connectivity index (χ2n) is 3.04. The zero-order chi connectivity index (χ0) is 11.3. The molecule has 0 saturated heterocycles. The Bertz CT molecular complexity index is 317. The molecule has 82 valence electrons. The Kier molecular flexibility index (Phi) is 4.75. The fourth-order valence-electron chi connectivity index (χ4n) is 1.17. The minimum absolute atomic E-state index is 0.0274. The third-order valence-electron chi connectivity index (χ3n) is 2.04. The lowest BCUT2D eigenvalue weighted by Gasteiger charge is -2.11. The highest BCUT2D eigenvalue weighted by atomic mass is 35.5. The molecule has 0 fully saturated rings. The van der Waals surface area contributed by atoms with Crippen molar-refractivity contribution < 1.29 is 14.3 Å². The number of hydrogen-bond donors (Lipinski definition) is 0. The summed E-state index contributed by atoms with van der Waals surface area (Å²) in [7, 11) is 3.01. The Morgan fingerprint density at radius 3 is 2.27 bits per heavy atom. The van der Waals surface area contributed by atoms with Gasteiger partial charge >= 0.3 is 0 Å². The van der Waals surface area contributed by atoms with Crippen LogP contribution in [0.5, 0.6) is 0 Å². The van der Waals surface area contributed by atoms with Crippen LogP contribution >= 0.6 is 11.6 Å². The zero-order valence-corrected chi connectivity index (χ0v) is 9.45. The van der Waals surface area contributed by atoms with Crippen LogP contribution in [0.15, 0.2) is 24.3 Å². The molecular weight excluding hydrogens is 216 g/mol. The van der Waals surface area contributed by atoms with Gasteiger partial charge in [0, 0.05) is 24.8 Å². The summed E-state index contributed by atoms with van der Waals surface area (Å²) in [5, 5.41) is 0.613. The molecule has 0 bridgehead atoms. The quantitative estimate of drug-likeness (QED) is 0.574. The van der Waals surface area contributed by atoms with Gasteiger partial charge in [-0.05, 0) is 24.3 Å². The van der Waals surface area contributed by atoms with Gasteiger partial charge in [-0.2, -0.15) is 0 Å². The van der Waals surface area contributed by atoms with Crippen LogP contribution in [0.4, 0.5) is 0 Å². The van der Waals surface area contributed by atoms with Crippen LogP contribution in [-0.4, -0.2) is 26.3 Å². The number of halogens is 1. The molecule has 0 radical (unpaired) electrons. The highest BCUT2D eigenvalue weighted by Gasteiger charge is 2.13. The van der Waals surface area contributed by atoms with Crippen molar-refractivity contribution in [2.24, 2.45) is 0 Å². The fourth-order valence-corrected chi connectivity index (χ4v) is 1.29. The van der Waals surface area contributed by atoms with Crippen LogP contribution in [0, 0.1) is 0 Å². The maximum atomic E-state index is 11.7. The lowest BCUT2D eigenvalue weighted by molar-refractivity contribution is -0.0993. The maximum Gasteiger partial charge on any atom is 0.167 e. The Labute approximate surface area is 93.9 Å². The number of carbonyl (C=O) groups excluding carboxylic acids is 1. The molecule has 0 unspecified atom stereocenters. The molecule has 4 heteroatoms. The van der Waals surface area contributed by atoms with Gasteiger partial charge in [-0.1, -0.05) is 11.6 Å². The molecule has 0 spiro atoms. The smallest absolute Gasteiger partial charge is 0.167 e. The second-order valence-corrected chi connectivity index (χ2v) is 3.47. The van der Waals surface area contributed by atoms with Crippen molar-refractivity contribution in [3.05, 3.63) is 34.9 Å². The lowest BCUT2D eigenvalue weighted by Crippen LogP contribution is -2.18. The van der Waals surface area contributed by atoms with Crippen LogP contribution in [0.1, 0.15) is 16.8 Å². The van der Waals surface area contributed by atoms with E-state index in [9.17, 15) is 4.79 Å². The number of methoxy groups -OCH3 is 2. The fraction of sp³-hybridized carbons (Fsp3) is 0.364. The monoisotopic (exact) mass is 228 g/mol. The summed E-state index contributed by atoms with van der Waals surface area (Å²) in [6.07, 6.45) is -0.289. The highest BCUT2D eigenvalue weighted by molar-refractivity contribution is 6.30. The molecule has 0 heterocycles. The van der Waals surface area contributed by atoms with Gasteiger partial charge in [0.1, 0.15) is 0 Å². The molecule has 1 rings (SSSR count). The summed E-state index contributed by atoms with van der Waals surface area (Å²) in [5.74, 6) is -0.0274. The number of rotatable bonds is 5. The molecule has 0 aromatic heterocycles. The van der Waals surface area contributed by atoms with Gasteiger partial charge in [0.15, 0.2) is 12.1 Å². The van der Waals surface area contributed by atoms with E-state index >= 15 is 0 Å². The Morgan fingerprint density at radius 2 is 1.80 bits per heavy atom. The normalized spacial score (nSPS) is 10.7. The van der Waals surface area contributed by atoms with E-state index in [0.29, 0.717) is 10.6 Å². The Balaban J connectivity index is 2.64. The van der Waals surface area contributed by atoms with E-state index in [1.807, 2.05) is 0 Å². The molecule has 0 atom stereocenters. The molecule has 0 aliphatic carbocycles. The van der Waals surface area contributed by atoms with Gasteiger partial charge < -0.3 is 9.47 Å². The molecule has 0 aliphatic rings. The van der Waals surface area contributed by atoms with Gasteiger partial charge in [-0.15, -0.1) is 0 Å². The zero-order valence-electron chi connectivity index (χ0n) is 8.70. The van der Waals surface area contributed by atoms with Crippen molar-refractivity contribution in [3.63, 3.8) is 0 Å². The van der Waals surface area contributed by atoms with Gasteiger partial charge in [0.2, 0.25) is 0 Å². The van der Waals surface area contributed by atoms with E-state index < -0.39 is 6.29 Å². The summed E-state index contributed by atoms with van der Waals surface area (Å²) < 4.78 is 9.89. The minimum Gasteiger partial charge on any atom is -0.355 e. The summed E-state index contributed by atoms with van der Waals surface area (Å²) in [4.78, 5) is 11.7. The first-order chi connectivity index (χ1) is 7.17. The number of benzene rings is 1. The molecule has 1 aromatic carbocycles. The van der Waals surface area contributed by atoms with Gasteiger partial charge in [0.05, 0.1) is 6.42 Å². The van der Waals surface area contributed by atoms with Crippen molar-refractivity contribution in [2.75, 3.05) is 14.2 Å². The Hall–Kier alpha value is -0.900. The third-order valence-corrected chi connectivity index (χ3v) is 2.30. The Morgan fingerprint density at radius 1 is 1.27 bits per heavy atom. The average molecular weight is 229 g/mol. The van der Waals surface area contributed by atoms with E-state index in [2.05, 4.69) is 0 Å². The molecule has 0 saturated carbocycles. The van der Waals surface area contributed by atoms with Gasteiger partial charge in [-0.25, -0.2) is 0 Å². The molecular formula is C11H13ClO3. The topological polar surface area (TPSA) is 35.5 Å². The van der Waals surface area contributed by atoms with Crippen molar-refractivity contribution in [3.8, 4) is 0 Å².